The molecule has 0 bridgehead atoms. The standard InChI is InChI=1S/C26H27N3O6S2/c27-36(32,33)22-14-11-20(12-15-22)28-25(30)17-24(26(28)31)29(21-8-2-1-3-9-21)37(34,35)23-13-10-18-6-4-5-7-19(18)16-23/h4-7,10-16,21,24H,1-3,8-9,17H2,(H2,27,32,33). The summed E-state index contributed by atoms with van der Waals surface area (Å²) in [5.41, 5.74) is 0.164. The molecule has 5 rings (SSSR count). The molecule has 0 aromatic heterocycles. The number of nitrogens with zero attached hydrogens (tertiary/aromatic N) is 2. The van der Waals surface area contributed by atoms with Gasteiger partial charge in [-0.25, -0.2) is 26.9 Å². The first kappa shape index (κ1) is 25.5. The summed E-state index contributed by atoms with van der Waals surface area (Å²) in [7, 11) is -8.08. The zero-order valence-electron chi connectivity index (χ0n) is 20.0. The number of rotatable bonds is 6. The number of nitrogens with two attached hydrogens (primary N) is 1. The van der Waals surface area contributed by atoms with Crippen molar-refractivity contribution in [3.8, 4) is 0 Å². The van der Waals surface area contributed by atoms with Crippen molar-refractivity contribution in [1.29, 1.82) is 0 Å². The number of hydrogen-bond donors (Lipinski definition) is 1. The van der Waals surface area contributed by atoms with Gasteiger partial charge in [-0.15, -0.1) is 0 Å². The molecule has 37 heavy (non-hydrogen) atoms. The van der Waals surface area contributed by atoms with Crippen molar-refractivity contribution < 1.29 is 26.4 Å². The molecule has 1 unspecified atom stereocenters. The number of imide groups is 1. The van der Waals surface area contributed by atoms with Gasteiger partial charge >= 0.3 is 0 Å². The highest BCUT2D eigenvalue weighted by Gasteiger charge is 2.49. The van der Waals surface area contributed by atoms with Gasteiger partial charge in [0, 0.05) is 6.04 Å². The lowest BCUT2D eigenvalue weighted by molar-refractivity contribution is -0.122. The number of benzene rings is 3. The summed E-state index contributed by atoms with van der Waals surface area (Å²) in [6.07, 6.45) is 3.57. The Hall–Kier alpha value is -3.12. The average Bonchev–Trinajstić information content (AvgIpc) is 3.17. The van der Waals surface area contributed by atoms with E-state index in [9.17, 15) is 26.4 Å². The molecule has 1 saturated heterocycles. The molecule has 2 fully saturated rings. The molecule has 1 heterocycles. The van der Waals surface area contributed by atoms with Crippen LogP contribution in [0.5, 0.6) is 0 Å². The van der Waals surface area contributed by atoms with Crippen LogP contribution in [-0.4, -0.2) is 45.0 Å². The normalized spacial score (nSPS) is 19.7. The fourth-order valence-electron chi connectivity index (χ4n) is 5.27. The van der Waals surface area contributed by atoms with E-state index in [1.807, 2.05) is 24.3 Å². The number of fused-ring (bicyclic) bond motifs is 1. The van der Waals surface area contributed by atoms with E-state index in [1.54, 1.807) is 18.2 Å². The van der Waals surface area contributed by atoms with Crippen molar-refractivity contribution in [2.24, 2.45) is 5.14 Å². The van der Waals surface area contributed by atoms with Crippen LogP contribution in [0.3, 0.4) is 0 Å². The van der Waals surface area contributed by atoms with Crippen LogP contribution in [0.15, 0.2) is 76.5 Å². The maximum absolute atomic E-state index is 14.1. The van der Waals surface area contributed by atoms with E-state index in [-0.39, 0.29) is 21.9 Å². The molecule has 2 amide bonds. The molecule has 9 nitrogen and oxygen atoms in total. The first-order valence-corrected chi connectivity index (χ1v) is 15.1. The number of amides is 2. The van der Waals surface area contributed by atoms with E-state index < -0.39 is 43.9 Å². The molecule has 194 valence electrons. The summed E-state index contributed by atoms with van der Waals surface area (Å²) in [5, 5.41) is 6.81. The minimum Gasteiger partial charge on any atom is -0.274 e. The van der Waals surface area contributed by atoms with E-state index in [0.29, 0.717) is 12.8 Å². The maximum atomic E-state index is 14.1. The van der Waals surface area contributed by atoms with Crippen LogP contribution >= 0.6 is 0 Å². The van der Waals surface area contributed by atoms with Gasteiger partial charge < -0.3 is 0 Å². The lowest BCUT2D eigenvalue weighted by Crippen LogP contribution is -2.51. The molecule has 2 aliphatic rings. The molecule has 3 aromatic rings. The Morgan fingerprint density at radius 3 is 2.05 bits per heavy atom. The highest BCUT2D eigenvalue weighted by Crippen LogP contribution is 2.36. The predicted molar refractivity (Wildman–Crippen MR) is 139 cm³/mol. The number of carbonyl (C=O) groups excluding carboxylic acids is 2. The number of primary sulfonamides is 1. The van der Waals surface area contributed by atoms with Gasteiger partial charge in [-0.1, -0.05) is 49.6 Å². The second-order valence-corrected chi connectivity index (χ2v) is 12.9. The monoisotopic (exact) mass is 541 g/mol. The van der Waals surface area contributed by atoms with Crippen LogP contribution in [0.1, 0.15) is 38.5 Å². The van der Waals surface area contributed by atoms with Crippen LogP contribution in [0, 0.1) is 0 Å². The molecule has 11 heteroatoms. The van der Waals surface area contributed by atoms with Gasteiger partial charge in [-0.05, 0) is 60.0 Å². The van der Waals surface area contributed by atoms with Crippen LogP contribution in [0.4, 0.5) is 5.69 Å². The fourth-order valence-corrected chi connectivity index (χ4v) is 7.65. The second kappa shape index (κ2) is 9.64. The quantitative estimate of drug-likeness (QED) is 0.477. The van der Waals surface area contributed by atoms with Crippen LogP contribution in [0.25, 0.3) is 10.8 Å². The van der Waals surface area contributed by atoms with Gasteiger partial charge in [-0.3, -0.25) is 9.59 Å². The van der Waals surface area contributed by atoms with E-state index in [2.05, 4.69) is 0 Å². The van der Waals surface area contributed by atoms with Gasteiger partial charge in [0.1, 0.15) is 6.04 Å². The summed E-state index contributed by atoms with van der Waals surface area (Å²) in [6.45, 7) is 0. The average molecular weight is 542 g/mol. The van der Waals surface area contributed by atoms with Crippen molar-refractivity contribution in [3.05, 3.63) is 66.7 Å². The molecule has 1 aliphatic heterocycles. The first-order valence-electron chi connectivity index (χ1n) is 12.1. The lowest BCUT2D eigenvalue weighted by atomic mass is 9.94. The van der Waals surface area contributed by atoms with Gasteiger partial charge in [0.15, 0.2) is 0 Å². The molecule has 3 aromatic carbocycles. The van der Waals surface area contributed by atoms with Gasteiger partial charge in [0.2, 0.25) is 26.0 Å². The van der Waals surface area contributed by atoms with Gasteiger partial charge in [0.05, 0.1) is 21.9 Å². The SMILES string of the molecule is NS(=O)(=O)c1ccc(N2C(=O)CC(N(C3CCCCC3)S(=O)(=O)c3ccc4ccccc4c3)C2=O)cc1. The maximum Gasteiger partial charge on any atom is 0.252 e. The summed E-state index contributed by atoms with van der Waals surface area (Å²) < 4.78 is 52.6. The molecular weight excluding hydrogens is 514 g/mol. The Kier molecular flexibility index (Phi) is 6.65. The molecule has 1 aliphatic carbocycles. The van der Waals surface area contributed by atoms with E-state index >= 15 is 0 Å². The summed E-state index contributed by atoms with van der Waals surface area (Å²) in [4.78, 5) is 27.5. The van der Waals surface area contributed by atoms with E-state index in [1.165, 1.54) is 28.6 Å². The van der Waals surface area contributed by atoms with Gasteiger partial charge in [0.25, 0.3) is 5.91 Å². The largest absolute Gasteiger partial charge is 0.274 e. The molecule has 0 radical (unpaired) electrons. The summed E-state index contributed by atoms with van der Waals surface area (Å²) in [5.74, 6) is -1.20. The number of carbonyl (C=O) groups is 2. The summed E-state index contributed by atoms with van der Waals surface area (Å²) >= 11 is 0. The Morgan fingerprint density at radius 1 is 0.784 bits per heavy atom. The zero-order valence-corrected chi connectivity index (χ0v) is 21.6. The molecule has 0 spiro atoms. The minimum absolute atomic E-state index is 0.0768. The molecule has 1 saturated carbocycles. The Balaban J connectivity index is 1.54. The van der Waals surface area contributed by atoms with Crippen molar-refractivity contribution in [2.45, 2.75) is 60.4 Å². The Morgan fingerprint density at radius 2 is 1.41 bits per heavy atom. The van der Waals surface area contributed by atoms with Crippen molar-refractivity contribution in [1.82, 2.24) is 4.31 Å². The highest BCUT2D eigenvalue weighted by molar-refractivity contribution is 7.89. The molecule has 1 atom stereocenters. The smallest absolute Gasteiger partial charge is 0.252 e. The predicted octanol–water partition coefficient (Wildman–Crippen LogP) is 3.14. The zero-order chi connectivity index (χ0) is 26.4. The third-order valence-electron chi connectivity index (χ3n) is 7.08. The minimum atomic E-state index is -4.13. The second-order valence-electron chi connectivity index (χ2n) is 9.46. The van der Waals surface area contributed by atoms with E-state index in [4.69, 9.17) is 5.14 Å². The molecular formula is C26H27N3O6S2. The number of sulfonamides is 2. The van der Waals surface area contributed by atoms with Gasteiger partial charge in [-0.2, -0.15) is 4.31 Å². The lowest BCUT2D eigenvalue weighted by Gasteiger charge is -2.36. The van der Waals surface area contributed by atoms with Crippen molar-refractivity contribution in [3.63, 3.8) is 0 Å². The third kappa shape index (κ3) is 4.79. The van der Waals surface area contributed by atoms with Crippen molar-refractivity contribution in [2.75, 3.05) is 4.90 Å². The van der Waals surface area contributed by atoms with E-state index in [0.717, 1.165) is 34.9 Å². The number of anilines is 1. The van der Waals surface area contributed by atoms with Crippen molar-refractivity contribution >= 4 is 48.3 Å². The van der Waals surface area contributed by atoms with Crippen LogP contribution in [-0.2, 0) is 29.6 Å². The Labute approximate surface area is 216 Å². The Bertz CT molecular complexity index is 1580. The first-order chi connectivity index (χ1) is 17.6. The third-order valence-corrected chi connectivity index (χ3v) is 9.97. The van der Waals surface area contributed by atoms with Crippen LogP contribution < -0.4 is 10.0 Å². The number of hydrogen-bond acceptors (Lipinski definition) is 6. The molecule has 2 N–H and O–H groups in total. The highest BCUT2D eigenvalue weighted by atomic mass is 32.2. The summed E-state index contributed by atoms with van der Waals surface area (Å²) in [6, 6.07) is 15.8. The van der Waals surface area contributed by atoms with Crippen LogP contribution in [0.2, 0.25) is 0 Å². The topological polar surface area (TPSA) is 135 Å². The fraction of sp³-hybridized carbons (Fsp3) is 0.308.